The molecule has 6 nitrogen and oxygen atoms in total. The van der Waals surface area contributed by atoms with E-state index in [2.05, 4.69) is 4.98 Å². The van der Waals surface area contributed by atoms with Gasteiger partial charge in [0, 0.05) is 18.9 Å². The monoisotopic (exact) mass is 341 g/mol. The largest absolute Gasteiger partial charge is 0.391 e. The maximum atomic E-state index is 12.7. The minimum Gasteiger partial charge on any atom is -0.391 e. The fraction of sp³-hybridized carbons (Fsp3) is 0.421. The van der Waals surface area contributed by atoms with E-state index in [0.29, 0.717) is 19.4 Å². The predicted octanol–water partition coefficient (Wildman–Crippen LogP) is 1.15. The lowest BCUT2D eigenvalue weighted by molar-refractivity contribution is -0.139. The highest BCUT2D eigenvalue weighted by atomic mass is 16.3. The van der Waals surface area contributed by atoms with Crippen molar-refractivity contribution < 1.29 is 9.90 Å². The minimum atomic E-state index is -0.551. The smallest absolute Gasteiger partial charge is 0.347 e. The third kappa shape index (κ3) is 4.14. The molecule has 1 aliphatic heterocycles. The fourth-order valence-electron chi connectivity index (χ4n) is 3.30. The van der Waals surface area contributed by atoms with Gasteiger partial charge < -0.3 is 10.0 Å². The van der Waals surface area contributed by atoms with E-state index in [1.165, 1.54) is 16.3 Å². The second kappa shape index (κ2) is 7.61. The maximum Gasteiger partial charge on any atom is 0.347 e. The Balaban J connectivity index is 1.77. The van der Waals surface area contributed by atoms with Gasteiger partial charge in [0.25, 0.3) is 0 Å². The molecule has 2 atom stereocenters. The van der Waals surface area contributed by atoms with Crippen LogP contribution in [0, 0.1) is 6.92 Å². The van der Waals surface area contributed by atoms with Gasteiger partial charge in [0.05, 0.1) is 12.1 Å². The lowest BCUT2D eigenvalue weighted by Gasteiger charge is -2.39. The summed E-state index contributed by atoms with van der Waals surface area (Å²) >= 11 is 0. The number of benzene rings is 1. The number of carbonyl (C=O) groups is 1. The van der Waals surface area contributed by atoms with Gasteiger partial charge in [0.1, 0.15) is 6.54 Å². The van der Waals surface area contributed by atoms with Crippen molar-refractivity contribution in [2.45, 2.75) is 44.9 Å². The van der Waals surface area contributed by atoms with E-state index in [0.717, 1.165) is 12.0 Å². The first-order valence-corrected chi connectivity index (χ1v) is 8.59. The number of rotatable bonds is 4. The highest BCUT2D eigenvalue weighted by molar-refractivity contribution is 5.76. The molecular weight excluding hydrogens is 318 g/mol. The molecule has 1 fully saturated rings. The Labute approximate surface area is 146 Å². The molecule has 1 aromatic heterocycles. The number of nitrogens with zero attached hydrogens (tertiary/aromatic N) is 3. The number of carbonyl (C=O) groups excluding carboxylic acids is 1. The van der Waals surface area contributed by atoms with Crippen LogP contribution in [0.2, 0.25) is 0 Å². The zero-order valence-electron chi connectivity index (χ0n) is 14.3. The highest BCUT2D eigenvalue weighted by Gasteiger charge is 2.33. The number of hydrogen-bond donors (Lipinski definition) is 1. The van der Waals surface area contributed by atoms with Crippen molar-refractivity contribution in [2.24, 2.45) is 0 Å². The number of aliphatic hydroxyl groups excluding tert-OH is 1. The lowest BCUT2D eigenvalue weighted by atomic mass is 9.92. The Bertz CT molecular complexity index is 785. The molecular formula is C19H23N3O3. The number of likely N-dealkylation sites (tertiary alicyclic amines) is 1. The van der Waals surface area contributed by atoms with Crippen LogP contribution in [0.15, 0.2) is 47.5 Å². The molecule has 1 N–H and O–H groups in total. The number of aliphatic hydroxyl groups is 1. The number of piperidine rings is 1. The second-order valence-corrected chi connectivity index (χ2v) is 6.58. The quantitative estimate of drug-likeness (QED) is 0.905. The summed E-state index contributed by atoms with van der Waals surface area (Å²) in [6.07, 6.45) is 4.47. The molecule has 1 saturated heterocycles. The average molecular weight is 341 g/mol. The van der Waals surface area contributed by atoms with Crippen molar-refractivity contribution in [3.05, 3.63) is 64.3 Å². The average Bonchev–Trinajstić information content (AvgIpc) is 2.60. The van der Waals surface area contributed by atoms with E-state index in [9.17, 15) is 14.7 Å². The summed E-state index contributed by atoms with van der Waals surface area (Å²) in [4.78, 5) is 29.9. The first kappa shape index (κ1) is 17.4. The molecule has 1 amide bonds. The highest BCUT2D eigenvalue weighted by Crippen LogP contribution is 2.22. The van der Waals surface area contributed by atoms with Gasteiger partial charge in [-0.25, -0.2) is 9.78 Å². The summed E-state index contributed by atoms with van der Waals surface area (Å²) in [7, 11) is 0. The Morgan fingerprint density at radius 2 is 2.08 bits per heavy atom. The molecule has 132 valence electrons. The van der Waals surface area contributed by atoms with Crippen LogP contribution in [0.25, 0.3) is 0 Å². The van der Waals surface area contributed by atoms with Crippen LogP contribution < -0.4 is 5.69 Å². The fourth-order valence-corrected chi connectivity index (χ4v) is 3.30. The lowest BCUT2D eigenvalue weighted by Crippen LogP contribution is -2.53. The predicted molar refractivity (Wildman–Crippen MR) is 94.1 cm³/mol. The molecule has 0 unspecified atom stereocenters. The minimum absolute atomic E-state index is 0.0518. The summed E-state index contributed by atoms with van der Waals surface area (Å²) < 4.78 is 1.30. The van der Waals surface area contributed by atoms with E-state index < -0.39 is 11.8 Å². The summed E-state index contributed by atoms with van der Waals surface area (Å²) in [6.45, 7) is 2.58. The van der Waals surface area contributed by atoms with Crippen molar-refractivity contribution in [3.63, 3.8) is 0 Å². The summed E-state index contributed by atoms with van der Waals surface area (Å²) in [5.74, 6) is -0.161. The molecule has 0 aliphatic carbocycles. The molecule has 2 heterocycles. The third-order valence-electron chi connectivity index (χ3n) is 4.72. The summed E-state index contributed by atoms with van der Waals surface area (Å²) in [6, 6.07) is 9.49. The van der Waals surface area contributed by atoms with Crippen LogP contribution in [0.5, 0.6) is 0 Å². The molecule has 0 saturated carbocycles. The Morgan fingerprint density at radius 3 is 2.80 bits per heavy atom. The number of aromatic nitrogens is 2. The van der Waals surface area contributed by atoms with Crippen LogP contribution in [0.1, 0.15) is 24.0 Å². The van der Waals surface area contributed by atoms with Gasteiger partial charge in [0.2, 0.25) is 5.91 Å². The standard InChI is InChI=1S/C19H23N3O3/c1-14-5-7-15(8-6-14)12-16-17(23)4-2-11-22(16)18(24)13-21-10-3-9-20-19(21)25/h3,5-10,16-17,23H,2,4,11-13H2,1H3/t16-,17-/m0/s1. The van der Waals surface area contributed by atoms with Crippen LogP contribution >= 0.6 is 0 Å². The van der Waals surface area contributed by atoms with Crippen molar-refractivity contribution in [1.29, 1.82) is 0 Å². The molecule has 3 rings (SSSR count). The molecule has 0 radical (unpaired) electrons. The first-order chi connectivity index (χ1) is 12.0. The zero-order chi connectivity index (χ0) is 17.8. The molecule has 0 spiro atoms. The molecule has 0 bridgehead atoms. The van der Waals surface area contributed by atoms with E-state index in [1.807, 2.05) is 31.2 Å². The molecule has 1 aliphatic rings. The van der Waals surface area contributed by atoms with Crippen LogP contribution in [-0.2, 0) is 17.8 Å². The number of amides is 1. The Kier molecular flexibility index (Phi) is 5.28. The van der Waals surface area contributed by atoms with Gasteiger partial charge in [-0.1, -0.05) is 29.8 Å². The van der Waals surface area contributed by atoms with E-state index >= 15 is 0 Å². The van der Waals surface area contributed by atoms with Crippen LogP contribution in [-0.4, -0.2) is 44.2 Å². The normalized spacial score (nSPS) is 20.5. The van der Waals surface area contributed by atoms with Gasteiger partial charge in [-0.15, -0.1) is 0 Å². The summed E-state index contributed by atoms with van der Waals surface area (Å²) in [5, 5.41) is 10.5. The van der Waals surface area contributed by atoms with Gasteiger partial charge in [-0.2, -0.15) is 0 Å². The Hall–Kier alpha value is -2.47. The van der Waals surface area contributed by atoms with Gasteiger partial charge in [0.15, 0.2) is 0 Å². The van der Waals surface area contributed by atoms with Gasteiger partial charge >= 0.3 is 5.69 Å². The van der Waals surface area contributed by atoms with Gasteiger partial charge in [-0.3, -0.25) is 9.36 Å². The maximum absolute atomic E-state index is 12.7. The van der Waals surface area contributed by atoms with Crippen molar-refractivity contribution >= 4 is 5.91 Å². The first-order valence-electron chi connectivity index (χ1n) is 8.59. The molecule has 25 heavy (non-hydrogen) atoms. The zero-order valence-corrected chi connectivity index (χ0v) is 14.3. The third-order valence-corrected chi connectivity index (χ3v) is 4.72. The number of aryl methyl sites for hydroxylation is 1. The molecule has 6 heteroatoms. The SMILES string of the molecule is Cc1ccc(C[C@H]2[C@@H](O)CCCN2C(=O)Cn2cccnc2=O)cc1. The van der Waals surface area contributed by atoms with Crippen molar-refractivity contribution in [1.82, 2.24) is 14.5 Å². The second-order valence-electron chi connectivity index (χ2n) is 6.58. The van der Waals surface area contributed by atoms with Crippen molar-refractivity contribution in [2.75, 3.05) is 6.54 Å². The van der Waals surface area contributed by atoms with Crippen LogP contribution in [0.4, 0.5) is 0 Å². The van der Waals surface area contributed by atoms with E-state index in [-0.39, 0.29) is 18.5 Å². The van der Waals surface area contributed by atoms with Crippen molar-refractivity contribution in [3.8, 4) is 0 Å². The molecule has 2 aromatic rings. The van der Waals surface area contributed by atoms with Crippen LogP contribution in [0.3, 0.4) is 0 Å². The topological polar surface area (TPSA) is 75.4 Å². The Morgan fingerprint density at radius 1 is 1.32 bits per heavy atom. The van der Waals surface area contributed by atoms with E-state index in [1.54, 1.807) is 17.2 Å². The summed E-state index contributed by atoms with van der Waals surface area (Å²) in [5.41, 5.74) is 1.83. The molecule has 1 aromatic carbocycles. The number of hydrogen-bond acceptors (Lipinski definition) is 4. The van der Waals surface area contributed by atoms with E-state index in [4.69, 9.17) is 0 Å². The van der Waals surface area contributed by atoms with Gasteiger partial charge in [-0.05, 0) is 37.8 Å².